The van der Waals surface area contributed by atoms with Gasteiger partial charge in [-0.3, -0.25) is 4.79 Å². The lowest BCUT2D eigenvalue weighted by molar-refractivity contribution is -0.137. The second-order valence-corrected chi connectivity index (χ2v) is 4.54. The first kappa shape index (κ1) is 12.9. The molecule has 2 nitrogen and oxygen atoms in total. The third-order valence-electron chi connectivity index (χ3n) is 3.36. The van der Waals surface area contributed by atoms with Crippen molar-refractivity contribution in [1.29, 1.82) is 0 Å². The van der Waals surface area contributed by atoms with Crippen molar-refractivity contribution >= 4 is 6.41 Å². The summed E-state index contributed by atoms with van der Waals surface area (Å²) in [5.41, 5.74) is 0.119. The van der Waals surface area contributed by atoms with E-state index < -0.39 is 11.7 Å². The number of alkyl halides is 3. The molecule has 0 atom stereocenters. The Morgan fingerprint density at radius 3 is 2.44 bits per heavy atom. The number of benzene rings is 1. The minimum Gasteiger partial charge on any atom is -0.345 e. The van der Waals surface area contributed by atoms with Crippen molar-refractivity contribution in [2.75, 3.05) is 13.1 Å². The van der Waals surface area contributed by atoms with Crippen LogP contribution in [0.1, 0.15) is 29.9 Å². The van der Waals surface area contributed by atoms with Gasteiger partial charge < -0.3 is 4.90 Å². The summed E-state index contributed by atoms with van der Waals surface area (Å²) in [5.74, 6) is 0.114. The standard InChI is InChI=1S/C13H14F3NO/c14-13(15,16)12-3-1-2-11(8-12)10-4-6-17(9-18)7-5-10/h1-3,8-10H,4-7H2. The molecule has 1 aromatic rings. The van der Waals surface area contributed by atoms with Gasteiger partial charge in [-0.25, -0.2) is 0 Å². The molecular formula is C13H14F3NO. The molecule has 18 heavy (non-hydrogen) atoms. The fourth-order valence-corrected chi connectivity index (χ4v) is 2.31. The van der Waals surface area contributed by atoms with E-state index in [0.717, 1.165) is 30.9 Å². The van der Waals surface area contributed by atoms with Crippen molar-refractivity contribution in [3.05, 3.63) is 35.4 Å². The molecule has 2 rings (SSSR count). The average molecular weight is 257 g/mol. The maximum Gasteiger partial charge on any atom is 0.416 e. The molecule has 0 bridgehead atoms. The van der Waals surface area contributed by atoms with Gasteiger partial charge in [0, 0.05) is 13.1 Å². The zero-order valence-corrected chi connectivity index (χ0v) is 9.78. The van der Waals surface area contributed by atoms with E-state index in [0.29, 0.717) is 13.1 Å². The van der Waals surface area contributed by atoms with E-state index in [2.05, 4.69) is 0 Å². The molecule has 0 aliphatic carbocycles. The van der Waals surface area contributed by atoms with Crippen LogP contribution in [0.3, 0.4) is 0 Å². The summed E-state index contributed by atoms with van der Waals surface area (Å²) in [6.07, 6.45) is -2.05. The van der Waals surface area contributed by atoms with Gasteiger partial charge in [-0.15, -0.1) is 0 Å². The van der Waals surface area contributed by atoms with Crippen LogP contribution in [-0.2, 0) is 11.0 Å². The lowest BCUT2D eigenvalue weighted by atomic mass is 9.89. The predicted octanol–water partition coefficient (Wildman–Crippen LogP) is 3.04. The number of hydrogen-bond donors (Lipinski definition) is 0. The van der Waals surface area contributed by atoms with Crippen LogP contribution in [0.4, 0.5) is 13.2 Å². The van der Waals surface area contributed by atoms with Gasteiger partial charge >= 0.3 is 6.18 Å². The van der Waals surface area contributed by atoms with Gasteiger partial charge in [0.15, 0.2) is 0 Å². The molecule has 1 fully saturated rings. The van der Waals surface area contributed by atoms with Crippen molar-refractivity contribution in [3.8, 4) is 0 Å². The van der Waals surface area contributed by atoms with Crippen LogP contribution in [0.5, 0.6) is 0 Å². The highest BCUT2D eigenvalue weighted by Crippen LogP contribution is 2.33. The number of likely N-dealkylation sites (tertiary alicyclic amines) is 1. The monoisotopic (exact) mass is 257 g/mol. The number of hydrogen-bond acceptors (Lipinski definition) is 1. The van der Waals surface area contributed by atoms with Crippen LogP contribution in [0.2, 0.25) is 0 Å². The molecule has 5 heteroatoms. The normalized spacial score (nSPS) is 17.8. The van der Waals surface area contributed by atoms with Crippen LogP contribution in [-0.4, -0.2) is 24.4 Å². The highest BCUT2D eigenvalue weighted by Gasteiger charge is 2.31. The number of halogens is 3. The summed E-state index contributed by atoms with van der Waals surface area (Å²) in [5, 5.41) is 0. The molecule has 0 radical (unpaired) electrons. The van der Waals surface area contributed by atoms with Crippen molar-refractivity contribution in [2.45, 2.75) is 24.9 Å². The van der Waals surface area contributed by atoms with Gasteiger partial charge in [-0.1, -0.05) is 18.2 Å². The number of carbonyl (C=O) groups is 1. The Morgan fingerprint density at radius 1 is 1.22 bits per heavy atom. The molecule has 1 saturated heterocycles. The van der Waals surface area contributed by atoms with E-state index in [-0.39, 0.29) is 5.92 Å². The lowest BCUT2D eigenvalue weighted by Gasteiger charge is -2.29. The van der Waals surface area contributed by atoms with Gasteiger partial charge in [-0.2, -0.15) is 13.2 Å². The molecular weight excluding hydrogens is 243 g/mol. The molecule has 1 aromatic carbocycles. The smallest absolute Gasteiger partial charge is 0.345 e. The molecule has 0 saturated carbocycles. The lowest BCUT2D eigenvalue weighted by Crippen LogP contribution is -2.31. The Labute approximate surface area is 103 Å². The number of nitrogens with zero attached hydrogens (tertiary/aromatic N) is 1. The van der Waals surface area contributed by atoms with Gasteiger partial charge in [0.05, 0.1) is 5.56 Å². The molecule has 1 amide bonds. The van der Waals surface area contributed by atoms with E-state index in [1.807, 2.05) is 0 Å². The molecule has 1 aliphatic heterocycles. The molecule has 0 N–H and O–H groups in total. The van der Waals surface area contributed by atoms with Crippen LogP contribution in [0.25, 0.3) is 0 Å². The number of carbonyl (C=O) groups excluding carboxylic acids is 1. The highest BCUT2D eigenvalue weighted by molar-refractivity contribution is 5.47. The van der Waals surface area contributed by atoms with Crippen LogP contribution in [0.15, 0.2) is 24.3 Å². The third kappa shape index (κ3) is 2.83. The fraction of sp³-hybridized carbons (Fsp3) is 0.462. The Morgan fingerprint density at radius 2 is 1.89 bits per heavy atom. The number of amides is 1. The van der Waals surface area contributed by atoms with Crippen molar-refractivity contribution in [3.63, 3.8) is 0 Å². The van der Waals surface area contributed by atoms with Gasteiger partial charge in [0.2, 0.25) is 6.41 Å². The Balaban J connectivity index is 2.12. The Bertz CT molecular complexity index is 422. The maximum atomic E-state index is 12.6. The van der Waals surface area contributed by atoms with Crippen LogP contribution < -0.4 is 0 Å². The van der Waals surface area contributed by atoms with Gasteiger partial charge in [0.1, 0.15) is 0 Å². The Kier molecular flexibility index (Phi) is 3.59. The minimum atomic E-state index is -4.29. The molecule has 98 valence electrons. The van der Waals surface area contributed by atoms with Crippen molar-refractivity contribution in [2.24, 2.45) is 0 Å². The number of rotatable bonds is 2. The molecule has 0 aromatic heterocycles. The first-order valence-corrected chi connectivity index (χ1v) is 5.87. The third-order valence-corrected chi connectivity index (χ3v) is 3.36. The van der Waals surface area contributed by atoms with E-state index in [1.165, 1.54) is 12.1 Å². The van der Waals surface area contributed by atoms with Gasteiger partial charge in [-0.05, 0) is 30.4 Å². The SMILES string of the molecule is O=CN1CCC(c2cccc(C(F)(F)F)c2)CC1. The molecule has 0 unspecified atom stereocenters. The largest absolute Gasteiger partial charge is 0.416 e. The summed E-state index contributed by atoms with van der Waals surface area (Å²) in [6, 6.07) is 5.49. The quantitative estimate of drug-likeness (QED) is 0.746. The zero-order valence-electron chi connectivity index (χ0n) is 9.78. The van der Waals surface area contributed by atoms with Crippen LogP contribution >= 0.6 is 0 Å². The second-order valence-electron chi connectivity index (χ2n) is 4.54. The average Bonchev–Trinajstić information content (AvgIpc) is 2.38. The van der Waals surface area contributed by atoms with Crippen molar-refractivity contribution in [1.82, 2.24) is 4.90 Å². The fourth-order valence-electron chi connectivity index (χ4n) is 2.31. The second kappa shape index (κ2) is 5.00. The summed E-state index contributed by atoms with van der Waals surface area (Å²) >= 11 is 0. The van der Waals surface area contributed by atoms with E-state index in [4.69, 9.17) is 0 Å². The topological polar surface area (TPSA) is 20.3 Å². The summed E-state index contributed by atoms with van der Waals surface area (Å²) in [6.45, 7) is 1.23. The van der Waals surface area contributed by atoms with E-state index in [9.17, 15) is 18.0 Å². The predicted molar refractivity (Wildman–Crippen MR) is 61.1 cm³/mol. The first-order chi connectivity index (χ1) is 8.50. The first-order valence-electron chi connectivity index (χ1n) is 5.87. The van der Waals surface area contributed by atoms with E-state index >= 15 is 0 Å². The summed E-state index contributed by atoms with van der Waals surface area (Å²) in [7, 11) is 0. The van der Waals surface area contributed by atoms with Crippen molar-refractivity contribution < 1.29 is 18.0 Å². The molecule has 1 aliphatic rings. The van der Waals surface area contributed by atoms with Gasteiger partial charge in [0.25, 0.3) is 0 Å². The summed E-state index contributed by atoms with van der Waals surface area (Å²) in [4.78, 5) is 12.2. The number of piperidine rings is 1. The highest BCUT2D eigenvalue weighted by atomic mass is 19.4. The summed E-state index contributed by atoms with van der Waals surface area (Å²) < 4.78 is 37.8. The molecule has 1 heterocycles. The zero-order chi connectivity index (χ0) is 13.2. The Hall–Kier alpha value is -1.52. The van der Waals surface area contributed by atoms with Crippen LogP contribution in [0, 0.1) is 0 Å². The maximum absolute atomic E-state index is 12.6. The minimum absolute atomic E-state index is 0.114. The van der Waals surface area contributed by atoms with E-state index in [1.54, 1.807) is 11.0 Å². The molecule has 0 spiro atoms.